The molecule has 6 heteroatoms. The van der Waals surface area contributed by atoms with Crippen LogP contribution in [0.1, 0.15) is 19.3 Å². The summed E-state index contributed by atoms with van der Waals surface area (Å²) in [6, 6.07) is 0. The summed E-state index contributed by atoms with van der Waals surface area (Å²) in [5, 5.41) is 1.57. The molecule has 1 aliphatic heterocycles. The number of piperidine rings is 1. The molecule has 0 aromatic heterocycles. The zero-order chi connectivity index (χ0) is 7.40. The number of hydroxylamine groups is 2. The first-order valence-electron chi connectivity index (χ1n) is 3.45. The number of nitrogens with zero attached hydrogens (tertiary/aromatic N) is 1. The van der Waals surface area contributed by atoms with Crippen molar-refractivity contribution in [2.75, 3.05) is 13.1 Å². The van der Waals surface area contributed by atoms with E-state index in [-0.39, 0.29) is 51.4 Å². The van der Waals surface area contributed by atoms with Crippen molar-refractivity contribution in [3.8, 4) is 0 Å². The van der Waals surface area contributed by atoms with Crippen molar-refractivity contribution in [2.24, 2.45) is 0 Å². The fourth-order valence-electron chi connectivity index (χ4n) is 1.07. The predicted molar refractivity (Wildman–Crippen MR) is 44.9 cm³/mol. The summed E-state index contributed by atoms with van der Waals surface area (Å²) in [7, 11) is -2.76. The van der Waals surface area contributed by atoms with Crippen LogP contribution in [0.15, 0.2) is 0 Å². The second-order valence-electron chi connectivity index (χ2n) is 2.35. The van der Waals surface area contributed by atoms with E-state index in [1.165, 1.54) is 6.42 Å². The topological polar surface area (TPSA) is 49.8 Å². The zero-order valence-corrected chi connectivity index (χ0v) is 6.75. The molecule has 1 saturated heterocycles. The molecule has 4 nitrogen and oxygen atoms in total. The Kier molecular flexibility index (Phi) is 8.32. The maximum atomic E-state index is 10.2. The Hall–Kier alpha value is 1.75. The quantitative estimate of drug-likeness (QED) is 0.514. The molecule has 0 radical (unpaired) electrons. The molecule has 0 aromatic rings. The van der Waals surface area contributed by atoms with Gasteiger partial charge >= 0.3 is 59.6 Å². The third-order valence-corrected chi connectivity index (χ3v) is 1.94. The summed E-state index contributed by atoms with van der Waals surface area (Å²) in [4.78, 5) is 8.39. The number of rotatable bonds is 2. The van der Waals surface area contributed by atoms with Gasteiger partial charge < -0.3 is 4.89 Å². The van der Waals surface area contributed by atoms with Crippen LogP contribution in [0.5, 0.6) is 0 Å². The van der Waals surface area contributed by atoms with Crippen LogP contribution in [0, 0.1) is 0 Å². The molecule has 0 bridgehead atoms. The van der Waals surface area contributed by atoms with E-state index >= 15 is 0 Å². The van der Waals surface area contributed by atoms with Gasteiger partial charge in [0.1, 0.15) is 0 Å². The first kappa shape index (κ1) is 12.7. The van der Waals surface area contributed by atoms with Gasteiger partial charge in [0, 0.05) is 13.1 Å². The van der Waals surface area contributed by atoms with Gasteiger partial charge in [0.05, 0.1) is 0 Å². The molecule has 0 saturated carbocycles. The van der Waals surface area contributed by atoms with Gasteiger partial charge in [0.25, 0.3) is 0 Å². The zero-order valence-electron chi connectivity index (χ0n) is 5.75. The van der Waals surface area contributed by atoms with E-state index in [1.807, 2.05) is 0 Å². The van der Waals surface area contributed by atoms with E-state index < -0.39 is 8.25 Å². The molecule has 0 spiro atoms. The van der Waals surface area contributed by atoms with E-state index in [4.69, 9.17) is 4.89 Å². The Balaban J connectivity index is 0.000001000. The molecule has 1 unspecified atom stereocenters. The minimum atomic E-state index is -2.76. The Morgan fingerprint density at radius 3 is 2.27 bits per heavy atom. The van der Waals surface area contributed by atoms with Crippen LogP contribution < -0.4 is 0 Å². The molecule has 0 aromatic carbocycles. The predicted octanol–water partition coefficient (Wildman–Crippen LogP) is 0.137. The standard InChI is InChI=1S/C5H12NO3P.K.H/c7-10(8)9-6-4-2-1-3-5-6;;/h10H,1-5H2,(H,7,8);;. The van der Waals surface area contributed by atoms with Crippen molar-refractivity contribution in [1.82, 2.24) is 5.06 Å². The first-order chi connectivity index (χ1) is 4.79. The van der Waals surface area contributed by atoms with Crippen molar-refractivity contribution < 1.29 is 14.1 Å². The second kappa shape index (κ2) is 7.18. The van der Waals surface area contributed by atoms with Crippen LogP contribution in [0.3, 0.4) is 0 Å². The van der Waals surface area contributed by atoms with Gasteiger partial charge in [-0.1, -0.05) is 6.42 Å². The van der Waals surface area contributed by atoms with E-state index in [2.05, 4.69) is 4.62 Å². The van der Waals surface area contributed by atoms with Gasteiger partial charge in [-0.2, -0.15) is 5.06 Å². The van der Waals surface area contributed by atoms with E-state index in [9.17, 15) is 4.57 Å². The summed E-state index contributed by atoms with van der Waals surface area (Å²) in [6.07, 6.45) is 3.33. The first-order valence-corrected chi connectivity index (χ1v) is 4.71. The van der Waals surface area contributed by atoms with Gasteiger partial charge in [-0.15, -0.1) is 0 Å². The van der Waals surface area contributed by atoms with Gasteiger partial charge in [-0.25, -0.2) is 4.62 Å². The van der Waals surface area contributed by atoms with E-state index in [1.54, 1.807) is 5.06 Å². The number of hydrogen-bond acceptors (Lipinski definition) is 3. The van der Waals surface area contributed by atoms with Crippen molar-refractivity contribution in [3.05, 3.63) is 0 Å². The maximum absolute atomic E-state index is 10.2. The fourth-order valence-corrected chi connectivity index (χ4v) is 1.47. The fraction of sp³-hybridized carbons (Fsp3) is 1.00. The van der Waals surface area contributed by atoms with Gasteiger partial charge in [-0.05, 0) is 12.8 Å². The molecule has 1 aliphatic rings. The van der Waals surface area contributed by atoms with Crippen LogP contribution in [0.2, 0.25) is 0 Å². The molecular weight excluding hydrogens is 192 g/mol. The van der Waals surface area contributed by atoms with Crippen LogP contribution in [0.25, 0.3) is 0 Å². The normalized spacial score (nSPS) is 22.3. The Labute approximate surface area is 110 Å². The third-order valence-electron chi connectivity index (χ3n) is 1.52. The second-order valence-corrected chi connectivity index (χ2v) is 3.06. The molecule has 1 fully saturated rings. The van der Waals surface area contributed by atoms with Crippen LogP contribution in [-0.4, -0.2) is 74.4 Å². The third kappa shape index (κ3) is 5.90. The van der Waals surface area contributed by atoms with Crippen molar-refractivity contribution in [3.63, 3.8) is 0 Å². The van der Waals surface area contributed by atoms with E-state index in [0.29, 0.717) is 0 Å². The molecule has 1 N–H and O–H groups in total. The SMILES string of the molecule is O=[PH](O)ON1CCCCC1.[KH]. The molecule has 0 aliphatic carbocycles. The molecule has 1 heterocycles. The van der Waals surface area contributed by atoms with Crippen LogP contribution in [0.4, 0.5) is 0 Å². The summed E-state index contributed by atoms with van der Waals surface area (Å²) >= 11 is 0. The molecule has 11 heavy (non-hydrogen) atoms. The molecular formula is C5H13KNO3P. The Morgan fingerprint density at radius 2 is 1.82 bits per heavy atom. The van der Waals surface area contributed by atoms with E-state index in [0.717, 1.165) is 25.9 Å². The minimum absolute atomic E-state index is 0. The number of hydrogen-bond donors (Lipinski definition) is 1. The van der Waals surface area contributed by atoms with Gasteiger partial charge in [-0.3, -0.25) is 4.57 Å². The molecule has 1 rings (SSSR count). The van der Waals surface area contributed by atoms with Crippen molar-refractivity contribution in [1.29, 1.82) is 0 Å². The summed E-state index contributed by atoms with van der Waals surface area (Å²) < 4.78 is 14.8. The summed E-state index contributed by atoms with van der Waals surface area (Å²) in [5.74, 6) is 0. The van der Waals surface area contributed by atoms with Crippen molar-refractivity contribution >= 4 is 59.6 Å². The molecule has 62 valence electrons. The summed E-state index contributed by atoms with van der Waals surface area (Å²) in [5.41, 5.74) is 0. The average molecular weight is 205 g/mol. The van der Waals surface area contributed by atoms with Crippen molar-refractivity contribution in [2.45, 2.75) is 19.3 Å². The summed E-state index contributed by atoms with van der Waals surface area (Å²) in [6.45, 7) is 1.58. The molecule has 0 amide bonds. The monoisotopic (exact) mass is 205 g/mol. The molecule has 1 atom stereocenters. The average Bonchev–Trinajstić information content (AvgIpc) is 1.88. The van der Waals surface area contributed by atoms with Gasteiger partial charge in [0.15, 0.2) is 0 Å². The van der Waals surface area contributed by atoms with Crippen LogP contribution >= 0.6 is 8.25 Å². The Morgan fingerprint density at radius 1 is 1.27 bits per heavy atom. The Bertz CT molecular complexity index is 129. The van der Waals surface area contributed by atoms with Crippen LogP contribution in [-0.2, 0) is 9.19 Å². The van der Waals surface area contributed by atoms with Gasteiger partial charge in [0.2, 0.25) is 0 Å².